The molecule has 0 saturated heterocycles. The third kappa shape index (κ3) is 4.66. The Kier molecular flexibility index (Phi) is 7.22. The maximum absolute atomic E-state index is 13.7. The van der Waals surface area contributed by atoms with Crippen LogP contribution in [0.2, 0.25) is 0 Å². The molecule has 4 rings (SSSR count). The number of nitrogens with zero attached hydrogens (tertiary/aromatic N) is 3. The number of benzene rings is 2. The maximum atomic E-state index is 13.7. The average Bonchev–Trinajstić information content (AvgIpc) is 3.35. The lowest BCUT2D eigenvalue weighted by molar-refractivity contribution is 0.627. The standard InChI is InChI=1S/C27H29FN4OS/c1-5-7-24-23(6-2)29-27(31(24)3)32-26(33)22(17-10-18-8-13-20(28)14-9-18)25(30-32)19-11-15-21(34-4)16-12-19/h6-9,11-16,30H,5,10,17H2,1-4H3/b23-6+,24-7+. The normalized spacial score (nSPS) is 12.6. The number of aryl methyl sites for hydroxylation is 1. The molecular formula is C27H29FN4OS. The predicted octanol–water partition coefficient (Wildman–Crippen LogP) is 4.20. The van der Waals surface area contributed by atoms with Gasteiger partial charge in [-0.2, -0.15) is 4.68 Å². The molecule has 0 spiro atoms. The highest BCUT2D eigenvalue weighted by Crippen LogP contribution is 2.25. The van der Waals surface area contributed by atoms with Crippen LogP contribution in [0, 0.1) is 5.82 Å². The van der Waals surface area contributed by atoms with Crippen LogP contribution in [0.4, 0.5) is 4.39 Å². The average molecular weight is 477 g/mol. The van der Waals surface area contributed by atoms with Crippen molar-refractivity contribution in [2.75, 3.05) is 6.26 Å². The Balaban J connectivity index is 1.85. The molecule has 0 aliphatic rings. The van der Waals surface area contributed by atoms with E-state index in [4.69, 9.17) is 4.98 Å². The maximum Gasteiger partial charge on any atom is 0.277 e. The molecule has 0 atom stereocenters. The summed E-state index contributed by atoms with van der Waals surface area (Å²) in [7, 11) is 1.93. The molecule has 5 nitrogen and oxygen atoms in total. The van der Waals surface area contributed by atoms with Crippen molar-refractivity contribution in [3.63, 3.8) is 0 Å². The van der Waals surface area contributed by atoms with Gasteiger partial charge in [-0.3, -0.25) is 9.89 Å². The zero-order valence-electron chi connectivity index (χ0n) is 19.9. The van der Waals surface area contributed by atoms with E-state index < -0.39 is 0 Å². The van der Waals surface area contributed by atoms with Crippen molar-refractivity contribution in [2.45, 2.75) is 38.0 Å². The van der Waals surface area contributed by atoms with E-state index in [1.807, 2.05) is 43.0 Å². The van der Waals surface area contributed by atoms with E-state index in [0.29, 0.717) is 24.4 Å². The second kappa shape index (κ2) is 10.3. The number of thioether (sulfide) groups is 1. The van der Waals surface area contributed by atoms with Gasteiger partial charge in [0.1, 0.15) is 5.82 Å². The number of nitrogens with one attached hydrogen (secondary N) is 1. The van der Waals surface area contributed by atoms with E-state index in [-0.39, 0.29) is 11.4 Å². The molecule has 2 aromatic carbocycles. The quantitative estimate of drug-likeness (QED) is 0.407. The van der Waals surface area contributed by atoms with Gasteiger partial charge in [-0.05, 0) is 67.8 Å². The van der Waals surface area contributed by atoms with Gasteiger partial charge in [-0.1, -0.05) is 43.3 Å². The summed E-state index contributed by atoms with van der Waals surface area (Å²) < 4.78 is 16.8. The summed E-state index contributed by atoms with van der Waals surface area (Å²) in [5.41, 5.74) is 3.28. The largest absolute Gasteiger partial charge is 0.312 e. The number of halogens is 1. The Morgan fingerprint density at radius 1 is 1.09 bits per heavy atom. The lowest BCUT2D eigenvalue weighted by atomic mass is 10.0. The van der Waals surface area contributed by atoms with Gasteiger partial charge in [0.15, 0.2) is 0 Å². The Morgan fingerprint density at radius 3 is 2.41 bits per heavy atom. The topological polar surface area (TPSA) is 55.6 Å². The Bertz CT molecular complexity index is 1460. The first-order valence-electron chi connectivity index (χ1n) is 11.4. The molecule has 0 amide bonds. The summed E-state index contributed by atoms with van der Waals surface area (Å²) in [5, 5.41) is 5.17. The molecule has 0 radical (unpaired) electrons. The minimum absolute atomic E-state index is 0.121. The molecular weight excluding hydrogens is 447 g/mol. The van der Waals surface area contributed by atoms with Gasteiger partial charge in [-0.15, -0.1) is 11.8 Å². The minimum Gasteiger partial charge on any atom is -0.312 e. The van der Waals surface area contributed by atoms with Crippen molar-refractivity contribution < 1.29 is 4.39 Å². The van der Waals surface area contributed by atoms with Gasteiger partial charge in [-0.25, -0.2) is 9.37 Å². The highest BCUT2D eigenvalue weighted by Gasteiger charge is 2.19. The number of aromatic amines is 1. The highest BCUT2D eigenvalue weighted by atomic mass is 32.2. The number of H-pyrrole nitrogens is 1. The van der Waals surface area contributed by atoms with Crippen LogP contribution < -0.4 is 16.3 Å². The van der Waals surface area contributed by atoms with E-state index in [9.17, 15) is 9.18 Å². The van der Waals surface area contributed by atoms with Gasteiger partial charge in [0.2, 0.25) is 5.95 Å². The number of aromatic nitrogens is 4. The fourth-order valence-electron chi connectivity index (χ4n) is 4.13. The van der Waals surface area contributed by atoms with Crippen LogP contribution in [0.5, 0.6) is 0 Å². The summed E-state index contributed by atoms with van der Waals surface area (Å²) in [4.78, 5) is 19.6. The van der Waals surface area contributed by atoms with Crippen LogP contribution >= 0.6 is 11.8 Å². The van der Waals surface area contributed by atoms with E-state index in [1.54, 1.807) is 23.9 Å². The second-order valence-corrected chi connectivity index (χ2v) is 8.98. The van der Waals surface area contributed by atoms with Gasteiger partial charge in [0, 0.05) is 17.5 Å². The van der Waals surface area contributed by atoms with Gasteiger partial charge >= 0.3 is 0 Å². The van der Waals surface area contributed by atoms with Crippen LogP contribution in [0.25, 0.3) is 29.4 Å². The van der Waals surface area contributed by atoms with E-state index in [1.165, 1.54) is 16.8 Å². The lowest BCUT2D eigenvalue weighted by Gasteiger charge is -2.05. The molecule has 0 saturated carbocycles. The summed E-state index contributed by atoms with van der Waals surface area (Å²) in [6, 6.07) is 14.6. The molecule has 4 aromatic rings. The van der Waals surface area contributed by atoms with Crippen molar-refractivity contribution in [1.29, 1.82) is 0 Å². The fourth-order valence-corrected chi connectivity index (χ4v) is 4.54. The molecule has 0 unspecified atom stereocenters. The molecule has 7 heteroatoms. The first-order chi connectivity index (χ1) is 16.5. The third-order valence-corrected chi connectivity index (χ3v) is 6.70. The zero-order valence-corrected chi connectivity index (χ0v) is 20.7. The first-order valence-corrected chi connectivity index (χ1v) is 12.6. The molecule has 0 bridgehead atoms. The molecule has 34 heavy (non-hydrogen) atoms. The molecule has 0 fully saturated rings. The van der Waals surface area contributed by atoms with E-state index in [2.05, 4.69) is 30.2 Å². The first kappa shape index (κ1) is 23.8. The van der Waals surface area contributed by atoms with Crippen molar-refractivity contribution in [3.05, 3.63) is 86.5 Å². The van der Waals surface area contributed by atoms with E-state index in [0.717, 1.165) is 38.8 Å². The monoisotopic (exact) mass is 476 g/mol. The lowest BCUT2D eigenvalue weighted by Crippen LogP contribution is -2.29. The summed E-state index contributed by atoms with van der Waals surface area (Å²) in [6.45, 7) is 4.03. The summed E-state index contributed by atoms with van der Waals surface area (Å²) >= 11 is 1.68. The zero-order chi connectivity index (χ0) is 24.2. The Hall–Kier alpha value is -3.32. The fraction of sp³-hybridized carbons (Fsp3) is 0.259. The van der Waals surface area contributed by atoms with Gasteiger partial charge in [0.05, 0.1) is 16.4 Å². The third-order valence-electron chi connectivity index (χ3n) is 5.96. The van der Waals surface area contributed by atoms with Crippen molar-refractivity contribution >= 4 is 23.9 Å². The van der Waals surface area contributed by atoms with Gasteiger partial charge in [0.25, 0.3) is 5.56 Å². The number of hydrogen-bond donors (Lipinski definition) is 1. The molecule has 0 aliphatic heterocycles. The van der Waals surface area contributed by atoms with E-state index >= 15 is 0 Å². The molecule has 0 aliphatic carbocycles. The summed E-state index contributed by atoms with van der Waals surface area (Å²) in [5.74, 6) is 0.285. The van der Waals surface area contributed by atoms with Crippen LogP contribution in [0.3, 0.4) is 0 Å². The van der Waals surface area contributed by atoms with Crippen LogP contribution in [-0.2, 0) is 19.9 Å². The minimum atomic E-state index is -0.264. The van der Waals surface area contributed by atoms with Gasteiger partial charge < -0.3 is 4.57 Å². The summed E-state index contributed by atoms with van der Waals surface area (Å²) in [6.07, 6.45) is 8.13. The van der Waals surface area contributed by atoms with Crippen molar-refractivity contribution in [1.82, 2.24) is 19.3 Å². The number of imidazole rings is 1. The SMILES string of the molecule is C/C=c1/nc(-n2[nH]c(-c3ccc(SC)cc3)c(CCc3ccc(F)cc3)c2=O)n(C)/c1=C/CC. The molecule has 2 heterocycles. The smallest absolute Gasteiger partial charge is 0.277 e. The van der Waals surface area contributed by atoms with Crippen LogP contribution in [-0.4, -0.2) is 25.6 Å². The van der Waals surface area contributed by atoms with Crippen LogP contribution in [0.15, 0.2) is 58.2 Å². The van der Waals surface area contributed by atoms with Crippen molar-refractivity contribution in [2.24, 2.45) is 7.05 Å². The number of rotatable bonds is 7. The highest BCUT2D eigenvalue weighted by molar-refractivity contribution is 7.98. The Labute approximate surface area is 202 Å². The second-order valence-electron chi connectivity index (χ2n) is 8.10. The Morgan fingerprint density at radius 2 is 1.79 bits per heavy atom. The van der Waals surface area contributed by atoms with Crippen LogP contribution in [0.1, 0.15) is 31.4 Å². The molecule has 176 valence electrons. The molecule has 1 N–H and O–H groups in total. The molecule has 2 aromatic heterocycles. The predicted molar refractivity (Wildman–Crippen MR) is 138 cm³/mol. The number of hydrogen-bond acceptors (Lipinski definition) is 3. The van der Waals surface area contributed by atoms with Crippen molar-refractivity contribution in [3.8, 4) is 17.2 Å².